The van der Waals surface area contributed by atoms with E-state index in [-0.39, 0.29) is 24.1 Å². The van der Waals surface area contributed by atoms with Crippen LogP contribution in [0.4, 0.5) is 14.5 Å². The molecule has 1 unspecified atom stereocenters. The number of halogens is 2. The summed E-state index contributed by atoms with van der Waals surface area (Å²) in [5.41, 5.74) is 0.484. The van der Waals surface area contributed by atoms with Gasteiger partial charge in [0.05, 0.1) is 0 Å². The Bertz CT molecular complexity index is 519. The third-order valence-electron chi connectivity index (χ3n) is 3.15. The van der Waals surface area contributed by atoms with Crippen LogP contribution in [0.15, 0.2) is 24.3 Å². The number of alkyl halides is 2. The highest BCUT2D eigenvalue weighted by Crippen LogP contribution is 2.23. The lowest BCUT2D eigenvalue weighted by molar-refractivity contribution is -0.131. The molecule has 1 aliphatic heterocycles. The topological polar surface area (TPSA) is 58.6 Å². The lowest BCUT2D eigenvalue weighted by atomic mass is 10.1. The van der Waals surface area contributed by atoms with Gasteiger partial charge in [0.15, 0.2) is 0 Å². The van der Waals surface area contributed by atoms with Crippen LogP contribution in [0.25, 0.3) is 0 Å². The molecule has 7 heteroatoms. The fourth-order valence-corrected chi connectivity index (χ4v) is 2.22. The van der Waals surface area contributed by atoms with Gasteiger partial charge in [0.2, 0.25) is 11.8 Å². The van der Waals surface area contributed by atoms with Gasteiger partial charge >= 0.3 is 6.61 Å². The van der Waals surface area contributed by atoms with E-state index in [1.165, 1.54) is 29.2 Å². The smallest absolute Gasteiger partial charge is 0.387 e. The monoisotopic (exact) mass is 298 g/mol. The van der Waals surface area contributed by atoms with Crippen LogP contribution in [0.1, 0.15) is 19.8 Å². The predicted molar refractivity (Wildman–Crippen MR) is 72.3 cm³/mol. The molecule has 1 fully saturated rings. The minimum atomic E-state index is -2.90. The molecule has 114 valence electrons. The first-order chi connectivity index (χ1) is 10.0. The largest absolute Gasteiger partial charge is 0.435 e. The Morgan fingerprint density at radius 2 is 2.00 bits per heavy atom. The van der Waals surface area contributed by atoms with Crippen LogP contribution < -0.4 is 15.0 Å². The van der Waals surface area contributed by atoms with Crippen molar-refractivity contribution in [2.24, 2.45) is 0 Å². The number of nitrogens with zero attached hydrogens (tertiary/aromatic N) is 1. The molecule has 0 saturated carbocycles. The van der Waals surface area contributed by atoms with Crippen LogP contribution in [-0.2, 0) is 9.59 Å². The summed E-state index contributed by atoms with van der Waals surface area (Å²) < 4.78 is 28.4. The molecule has 0 radical (unpaired) electrons. The lowest BCUT2D eigenvalue weighted by Crippen LogP contribution is -2.58. The van der Waals surface area contributed by atoms with E-state index in [1.807, 2.05) is 6.92 Å². The van der Waals surface area contributed by atoms with Crippen molar-refractivity contribution in [3.05, 3.63) is 24.3 Å². The molecule has 1 aliphatic rings. The van der Waals surface area contributed by atoms with Crippen LogP contribution in [0.5, 0.6) is 5.75 Å². The molecular formula is C14H16F2N2O3. The minimum Gasteiger partial charge on any atom is -0.435 e. The van der Waals surface area contributed by atoms with Gasteiger partial charge in [-0.05, 0) is 30.7 Å². The molecule has 21 heavy (non-hydrogen) atoms. The molecule has 1 aromatic carbocycles. The number of hydrogen-bond acceptors (Lipinski definition) is 3. The first kappa shape index (κ1) is 15.2. The third kappa shape index (κ3) is 3.68. The molecule has 0 aromatic heterocycles. The molecule has 1 atom stereocenters. The van der Waals surface area contributed by atoms with Crippen molar-refractivity contribution in [3.63, 3.8) is 0 Å². The Kier molecular flexibility index (Phi) is 4.72. The van der Waals surface area contributed by atoms with Crippen molar-refractivity contribution < 1.29 is 23.1 Å². The normalized spacial score (nSPS) is 18.9. The summed E-state index contributed by atoms with van der Waals surface area (Å²) in [5.74, 6) is -0.423. The van der Waals surface area contributed by atoms with Crippen LogP contribution >= 0.6 is 0 Å². The number of hydrogen-bond donors (Lipinski definition) is 1. The van der Waals surface area contributed by atoms with Gasteiger partial charge in [0.1, 0.15) is 18.3 Å². The zero-order valence-electron chi connectivity index (χ0n) is 11.5. The maximum Gasteiger partial charge on any atom is 0.387 e. The number of nitrogens with one attached hydrogen (secondary N) is 1. The van der Waals surface area contributed by atoms with Gasteiger partial charge in [0.25, 0.3) is 0 Å². The van der Waals surface area contributed by atoms with Crippen molar-refractivity contribution in [1.82, 2.24) is 5.32 Å². The molecule has 1 aromatic rings. The molecule has 1 N–H and O–H groups in total. The first-order valence-electron chi connectivity index (χ1n) is 6.67. The van der Waals surface area contributed by atoms with Gasteiger partial charge in [-0.1, -0.05) is 13.3 Å². The van der Waals surface area contributed by atoms with Gasteiger partial charge in [-0.2, -0.15) is 8.78 Å². The van der Waals surface area contributed by atoms with Gasteiger partial charge < -0.3 is 15.0 Å². The number of piperazine rings is 1. The molecule has 0 aliphatic carbocycles. The number of benzene rings is 1. The van der Waals surface area contributed by atoms with Crippen molar-refractivity contribution >= 4 is 17.5 Å². The summed E-state index contributed by atoms with van der Waals surface area (Å²) in [4.78, 5) is 25.3. The van der Waals surface area contributed by atoms with Crippen molar-refractivity contribution in [2.75, 3.05) is 11.4 Å². The van der Waals surface area contributed by atoms with E-state index in [9.17, 15) is 18.4 Å². The second kappa shape index (κ2) is 6.51. The van der Waals surface area contributed by atoms with E-state index in [1.54, 1.807) is 0 Å². The number of ether oxygens (including phenoxy) is 1. The van der Waals surface area contributed by atoms with Crippen molar-refractivity contribution in [3.8, 4) is 5.75 Å². The van der Waals surface area contributed by atoms with Crippen LogP contribution in [0.2, 0.25) is 0 Å². The fourth-order valence-electron chi connectivity index (χ4n) is 2.22. The summed E-state index contributed by atoms with van der Waals surface area (Å²) in [6, 6.07) is 5.12. The number of carbonyl (C=O) groups excluding carboxylic acids is 2. The van der Waals surface area contributed by atoms with E-state index in [2.05, 4.69) is 10.1 Å². The van der Waals surface area contributed by atoms with Crippen molar-refractivity contribution in [2.45, 2.75) is 32.4 Å². The summed E-state index contributed by atoms with van der Waals surface area (Å²) >= 11 is 0. The second-order valence-electron chi connectivity index (χ2n) is 4.71. The molecular weight excluding hydrogens is 282 g/mol. The van der Waals surface area contributed by atoms with Gasteiger partial charge in [-0.25, -0.2) is 0 Å². The minimum absolute atomic E-state index is 0.00719. The van der Waals surface area contributed by atoms with Crippen LogP contribution in [0, 0.1) is 0 Å². The maximum atomic E-state index is 12.3. The molecule has 2 amide bonds. The van der Waals surface area contributed by atoms with E-state index in [0.717, 1.165) is 6.42 Å². The van der Waals surface area contributed by atoms with E-state index < -0.39 is 12.7 Å². The standard InChI is InChI=1S/C14H16F2N2O3/c1-2-3-11-13(20)18(8-12(19)17-11)9-4-6-10(7-5-9)21-14(15)16/h4-7,11,14H,2-3,8H2,1H3,(H,17,19). The van der Waals surface area contributed by atoms with Crippen LogP contribution in [0.3, 0.4) is 0 Å². The summed E-state index contributed by atoms with van der Waals surface area (Å²) in [6.07, 6.45) is 1.33. The Morgan fingerprint density at radius 1 is 1.33 bits per heavy atom. The van der Waals surface area contributed by atoms with E-state index in [4.69, 9.17) is 0 Å². The summed E-state index contributed by atoms with van der Waals surface area (Å²) in [6.45, 7) is -1.05. The summed E-state index contributed by atoms with van der Waals surface area (Å²) in [5, 5.41) is 2.65. The second-order valence-corrected chi connectivity index (χ2v) is 4.71. The Balaban J connectivity index is 2.15. The van der Waals surface area contributed by atoms with Crippen LogP contribution in [-0.4, -0.2) is 31.0 Å². The quantitative estimate of drug-likeness (QED) is 0.903. The molecule has 5 nitrogen and oxygen atoms in total. The molecule has 2 rings (SSSR count). The van der Waals surface area contributed by atoms with Crippen molar-refractivity contribution in [1.29, 1.82) is 0 Å². The Labute approximate surface area is 120 Å². The average Bonchev–Trinajstić information content (AvgIpc) is 2.43. The zero-order valence-corrected chi connectivity index (χ0v) is 11.5. The highest BCUT2D eigenvalue weighted by atomic mass is 19.3. The Hall–Kier alpha value is -2.18. The highest BCUT2D eigenvalue weighted by molar-refractivity contribution is 6.06. The molecule has 0 bridgehead atoms. The predicted octanol–water partition coefficient (Wildman–Crippen LogP) is 1.92. The van der Waals surface area contributed by atoms with Gasteiger partial charge in [0, 0.05) is 5.69 Å². The number of amides is 2. The SMILES string of the molecule is CCCC1NC(=O)CN(c2ccc(OC(F)F)cc2)C1=O. The lowest BCUT2D eigenvalue weighted by Gasteiger charge is -2.32. The number of anilines is 1. The fraction of sp³-hybridized carbons (Fsp3) is 0.429. The van der Waals surface area contributed by atoms with Gasteiger partial charge in [-0.15, -0.1) is 0 Å². The van der Waals surface area contributed by atoms with Gasteiger partial charge in [-0.3, -0.25) is 9.59 Å². The first-order valence-corrected chi connectivity index (χ1v) is 6.67. The molecule has 1 saturated heterocycles. The highest BCUT2D eigenvalue weighted by Gasteiger charge is 2.32. The molecule has 0 spiro atoms. The average molecular weight is 298 g/mol. The van der Waals surface area contributed by atoms with E-state index >= 15 is 0 Å². The number of rotatable bonds is 5. The summed E-state index contributed by atoms with van der Waals surface area (Å²) in [7, 11) is 0. The third-order valence-corrected chi connectivity index (χ3v) is 3.15. The zero-order chi connectivity index (χ0) is 15.4. The Morgan fingerprint density at radius 3 is 2.57 bits per heavy atom. The van der Waals surface area contributed by atoms with E-state index in [0.29, 0.717) is 12.1 Å². The number of carbonyl (C=O) groups is 2. The maximum absolute atomic E-state index is 12.3. The molecule has 1 heterocycles.